The van der Waals surface area contributed by atoms with Gasteiger partial charge in [-0.25, -0.2) is 9.18 Å². The van der Waals surface area contributed by atoms with Gasteiger partial charge in [-0.05, 0) is 31.5 Å². The molecule has 0 aliphatic heterocycles. The number of carbonyl (C=O) groups is 2. The van der Waals surface area contributed by atoms with Gasteiger partial charge in [0.05, 0.1) is 5.56 Å². The van der Waals surface area contributed by atoms with E-state index in [0.717, 1.165) is 6.07 Å². The summed E-state index contributed by atoms with van der Waals surface area (Å²) in [6.45, 7) is 2.98. The zero-order chi connectivity index (χ0) is 13.9. The number of nitrogen functional groups attached to an aromatic ring is 1. The molecule has 98 valence electrons. The van der Waals surface area contributed by atoms with Crippen molar-refractivity contribution < 1.29 is 19.1 Å². The molecular formula is C12H15FN2O3. The van der Waals surface area contributed by atoms with Crippen LogP contribution in [0, 0.1) is 5.82 Å². The summed E-state index contributed by atoms with van der Waals surface area (Å²) in [7, 11) is 0. The number of carboxylic acid groups (broad SMARTS) is 1. The van der Waals surface area contributed by atoms with E-state index < -0.39 is 23.2 Å². The summed E-state index contributed by atoms with van der Waals surface area (Å²) in [5.41, 5.74) is 3.90. The lowest BCUT2D eigenvalue weighted by atomic mass is 9.98. The van der Waals surface area contributed by atoms with E-state index in [2.05, 4.69) is 5.32 Å². The number of nitrogens with two attached hydrogens (primary N) is 1. The summed E-state index contributed by atoms with van der Waals surface area (Å²) in [5, 5.41) is 11.3. The maximum Gasteiger partial charge on any atom is 0.329 e. The Labute approximate surface area is 104 Å². The van der Waals surface area contributed by atoms with Crippen LogP contribution in [0.4, 0.5) is 10.1 Å². The van der Waals surface area contributed by atoms with Crippen molar-refractivity contribution in [3.63, 3.8) is 0 Å². The first-order valence-corrected chi connectivity index (χ1v) is 5.41. The Morgan fingerprint density at radius 3 is 2.56 bits per heavy atom. The number of benzene rings is 1. The largest absolute Gasteiger partial charge is 0.480 e. The predicted octanol–water partition coefficient (Wildman–Crippen LogP) is 1.39. The second-order valence-electron chi connectivity index (χ2n) is 4.18. The van der Waals surface area contributed by atoms with Crippen molar-refractivity contribution in [2.75, 3.05) is 5.73 Å². The predicted molar refractivity (Wildman–Crippen MR) is 64.6 cm³/mol. The van der Waals surface area contributed by atoms with Gasteiger partial charge in [0.2, 0.25) is 0 Å². The molecule has 0 spiro atoms. The zero-order valence-corrected chi connectivity index (χ0v) is 10.2. The normalized spacial score (nSPS) is 13.7. The van der Waals surface area contributed by atoms with E-state index >= 15 is 0 Å². The number of hydrogen-bond acceptors (Lipinski definition) is 3. The molecule has 1 amide bonds. The van der Waals surface area contributed by atoms with Crippen molar-refractivity contribution in [2.45, 2.75) is 25.8 Å². The molecule has 1 atom stereocenters. The number of carbonyl (C=O) groups excluding carboxylic acids is 1. The van der Waals surface area contributed by atoms with Gasteiger partial charge >= 0.3 is 5.97 Å². The monoisotopic (exact) mass is 254 g/mol. The van der Waals surface area contributed by atoms with E-state index in [1.165, 1.54) is 19.1 Å². The van der Waals surface area contributed by atoms with Crippen LogP contribution in [0.1, 0.15) is 30.6 Å². The van der Waals surface area contributed by atoms with Crippen LogP contribution >= 0.6 is 0 Å². The van der Waals surface area contributed by atoms with Gasteiger partial charge in [-0.1, -0.05) is 6.92 Å². The molecule has 1 rings (SSSR count). The van der Waals surface area contributed by atoms with Crippen molar-refractivity contribution in [3.05, 3.63) is 29.6 Å². The molecule has 0 fully saturated rings. The first-order chi connectivity index (χ1) is 8.30. The quantitative estimate of drug-likeness (QED) is 0.708. The summed E-state index contributed by atoms with van der Waals surface area (Å²) < 4.78 is 13.5. The smallest absolute Gasteiger partial charge is 0.329 e. The van der Waals surface area contributed by atoms with Gasteiger partial charge in [0.1, 0.15) is 11.4 Å². The van der Waals surface area contributed by atoms with Crippen LogP contribution in [0.15, 0.2) is 18.2 Å². The van der Waals surface area contributed by atoms with Gasteiger partial charge in [0.25, 0.3) is 5.91 Å². The Kier molecular flexibility index (Phi) is 3.90. The lowest BCUT2D eigenvalue weighted by molar-refractivity contribution is -0.143. The van der Waals surface area contributed by atoms with Gasteiger partial charge < -0.3 is 16.2 Å². The van der Waals surface area contributed by atoms with Crippen molar-refractivity contribution in [1.29, 1.82) is 0 Å². The topological polar surface area (TPSA) is 92.4 Å². The van der Waals surface area contributed by atoms with E-state index in [0.29, 0.717) is 0 Å². The molecule has 18 heavy (non-hydrogen) atoms. The highest BCUT2D eigenvalue weighted by atomic mass is 19.1. The molecule has 1 aromatic carbocycles. The molecular weight excluding hydrogens is 239 g/mol. The summed E-state index contributed by atoms with van der Waals surface area (Å²) in [6, 6.07) is 3.61. The molecule has 0 radical (unpaired) electrons. The molecule has 0 saturated heterocycles. The summed E-state index contributed by atoms with van der Waals surface area (Å²) in [6.07, 6.45) is 0.185. The van der Waals surface area contributed by atoms with Crippen molar-refractivity contribution in [1.82, 2.24) is 5.32 Å². The van der Waals surface area contributed by atoms with E-state index in [1.807, 2.05) is 0 Å². The molecule has 0 aliphatic rings. The highest BCUT2D eigenvalue weighted by Gasteiger charge is 2.33. The number of nitrogens with one attached hydrogen (secondary N) is 1. The minimum atomic E-state index is -1.43. The van der Waals surface area contributed by atoms with Gasteiger partial charge in [-0.15, -0.1) is 0 Å². The number of hydrogen-bond donors (Lipinski definition) is 3. The molecule has 5 nitrogen and oxygen atoms in total. The Bertz CT molecular complexity index is 490. The molecule has 0 aliphatic carbocycles. The highest BCUT2D eigenvalue weighted by Crippen LogP contribution is 2.15. The zero-order valence-electron chi connectivity index (χ0n) is 10.2. The summed E-state index contributed by atoms with van der Waals surface area (Å²) in [5.74, 6) is -2.73. The fourth-order valence-corrected chi connectivity index (χ4v) is 1.33. The molecule has 6 heteroatoms. The minimum absolute atomic E-state index is 0.185. The molecule has 0 saturated carbocycles. The average molecular weight is 254 g/mol. The molecule has 1 unspecified atom stereocenters. The van der Waals surface area contributed by atoms with Crippen LogP contribution in [-0.2, 0) is 4.79 Å². The molecule has 4 N–H and O–H groups in total. The first-order valence-electron chi connectivity index (χ1n) is 5.41. The number of carboxylic acids is 1. The van der Waals surface area contributed by atoms with Crippen LogP contribution in [0.5, 0.6) is 0 Å². The van der Waals surface area contributed by atoms with Crippen LogP contribution in [0.2, 0.25) is 0 Å². The fourth-order valence-electron chi connectivity index (χ4n) is 1.33. The standard InChI is InChI=1S/C12H15FN2O3/c1-3-12(2,11(17)18)15-10(16)8-5-4-7(14)6-9(8)13/h4-6H,3,14H2,1-2H3,(H,15,16)(H,17,18). The van der Waals surface area contributed by atoms with E-state index in [-0.39, 0.29) is 17.7 Å². The number of amides is 1. The number of anilines is 1. The van der Waals surface area contributed by atoms with E-state index in [9.17, 15) is 14.0 Å². The lowest BCUT2D eigenvalue weighted by Gasteiger charge is -2.24. The Hall–Kier alpha value is -2.11. The molecule has 1 aromatic rings. The summed E-state index contributed by atoms with van der Waals surface area (Å²) >= 11 is 0. The van der Waals surface area contributed by atoms with Crippen LogP contribution in [0.3, 0.4) is 0 Å². The first kappa shape index (κ1) is 14.0. The van der Waals surface area contributed by atoms with Crippen molar-refractivity contribution >= 4 is 17.6 Å². The Morgan fingerprint density at radius 2 is 2.11 bits per heavy atom. The Morgan fingerprint density at radius 1 is 1.50 bits per heavy atom. The van der Waals surface area contributed by atoms with Gasteiger partial charge in [-0.2, -0.15) is 0 Å². The van der Waals surface area contributed by atoms with Crippen molar-refractivity contribution in [2.24, 2.45) is 0 Å². The maximum absolute atomic E-state index is 13.5. The average Bonchev–Trinajstić information content (AvgIpc) is 2.28. The van der Waals surface area contributed by atoms with Crippen LogP contribution in [0.25, 0.3) is 0 Å². The van der Waals surface area contributed by atoms with Crippen LogP contribution < -0.4 is 11.1 Å². The highest BCUT2D eigenvalue weighted by molar-refractivity contribution is 5.98. The number of aliphatic carboxylic acids is 1. The van der Waals surface area contributed by atoms with E-state index in [1.54, 1.807) is 6.92 Å². The van der Waals surface area contributed by atoms with Gasteiger partial charge in [0.15, 0.2) is 0 Å². The fraction of sp³-hybridized carbons (Fsp3) is 0.333. The van der Waals surface area contributed by atoms with Gasteiger partial charge in [-0.3, -0.25) is 4.79 Å². The maximum atomic E-state index is 13.5. The molecule has 0 heterocycles. The van der Waals surface area contributed by atoms with E-state index in [4.69, 9.17) is 10.8 Å². The second kappa shape index (κ2) is 5.03. The Balaban J connectivity index is 2.98. The minimum Gasteiger partial charge on any atom is -0.480 e. The third-order valence-corrected chi connectivity index (χ3v) is 2.81. The summed E-state index contributed by atoms with van der Waals surface area (Å²) in [4.78, 5) is 22.8. The van der Waals surface area contributed by atoms with Gasteiger partial charge in [0, 0.05) is 5.69 Å². The SMILES string of the molecule is CCC(C)(NC(=O)c1ccc(N)cc1F)C(=O)O. The molecule has 0 aromatic heterocycles. The second-order valence-corrected chi connectivity index (χ2v) is 4.18. The third-order valence-electron chi connectivity index (χ3n) is 2.81. The van der Waals surface area contributed by atoms with Crippen LogP contribution in [-0.4, -0.2) is 22.5 Å². The number of rotatable bonds is 4. The third kappa shape index (κ3) is 2.77. The van der Waals surface area contributed by atoms with Crippen molar-refractivity contribution in [3.8, 4) is 0 Å². The number of halogens is 1. The lowest BCUT2D eigenvalue weighted by Crippen LogP contribution is -2.51. The molecule has 0 bridgehead atoms.